The number of hydrogen-bond donors (Lipinski definition) is 5. The summed E-state index contributed by atoms with van der Waals surface area (Å²) in [5.74, 6) is 0. The van der Waals surface area contributed by atoms with Crippen molar-refractivity contribution < 1.29 is 25.5 Å². The van der Waals surface area contributed by atoms with Crippen molar-refractivity contribution in [3.05, 3.63) is 0 Å². The van der Waals surface area contributed by atoms with E-state index in [1.165, 1.54) is 0 Å². The van der Waals surface area contributed by atoms with Crippen molar-refractivity contribution in [2.75, 3.05) is 6.61 Å². The molecular formula is C6H12O5Se. The summed E-state index contributed by atoms with van der Waals surface area (Å²) < 4.78 is 0. The van der Waals surface area contributed by atoms with Crippen LogP contribution >= 0.6 is 0 Å². The van der Waals surface area contributed by atoms with Gasteiger partial charge in [0.2, 0.25) is 0 Å². The zero-order valence-corrected chi connectivity index (χ0v) is 7.95. The molecule has 0 aliphatic carbocycles. The summed E-state index contributed by atoms with van der Waals surface area (Å²) in [5, 5.41) is 44.3. The van der Waals surface area contributed by atoms with E-state index in [1.807, 2.05) is 0 Å². The van der Waals surface area contributed by atoms with Crippen molar-refractivity contribution in [1.82, 2.24) is 0 Å². The van der Waals surface area contributed by atoms with Crippen molar-refractivity contribution in [1.29, 1.82) is 0 Å². The van der Waals surface area contributed by atoms with E-state index >= 15 is 0 Å². The molecule has 0 rings (SSSR count). The Kier molecular flexibility index (Phi) is 5.86. The van der Waals surface area contributed by atoms with E-state index in [9.17, 15) is 0 Å². The SMILES string of the molecule is OCC(O)C(O)C(O)C(O)C=[Se]. The fourth-order valence-corrected chi connectivity index (χ4v) is 0.956. The molecule has 5 nitrogen and oxygen atoms in total. The van der Waals surface area contributed by atoms with Gasteiger partial charge in [-0.3, -0.25) is 0 Å². The normalized spacial score (nSPS) is 21.1. The van der Waals surface area contributed by atoms with Crippen LogP contribution in [0.1, 0.15) is 0 Å². The van der Waals surface area contributed by atoms with E-state index in [1.54, 1.807) is 0 Å². The fourth-order valence-electron chi connectivity index (χ4n) is 0.618. The van der Waals surface area contributed by atoms with Crippen LogP contribution in [0.25, 0.3) is 0 Å². The minimum atomic E-state index is -1.56. The fraction of sp³-hybridized carbons (Fsp3) is 0.833. The maximum absolute atomic E-state index is 9.07. The molecule has 0 aromatic heterocycles. The van der Waals surface area contributed by atoms with Crippen LogP contribution in [0.3, 0.4) is 0 Å². The second-order valence-corrected chi connectivity index (χ2v) is 2.93. The molecule has 0 spiro atoms. The van der Waals surface area contributed by atoms with Gasteiger partial charge >= 0.3 is 77.1 Å². The van der Waals surface area contributed by atoms with Gasteiger partial charge in [0, 0.05) is 0 Å². The van der Waals surface area contributed by atoms with Gasteiger partial charge in [0.05, 0.1) is 0 Å². The molecule has 0 bridgehead atoms. The summed E-state index contributed by atoms with van der Waals surface area (Å²) in [7, 11) is 0. The van der Waals surface area contributed by atoms with E-state index in [4.69, 9.17) is 25.5 Å². The van der Waals surface area contributed by atoms with E-state index in [0.717, 1.165) is 4.92 Å². The Morgan fingerprint density at radius 3 is 1.92 bits per heavy atom. The van der Waals surface area contributed by atoms with Gasteiger partial charge < -0.3 is 0 Å². The first-order valence-electron chi connectivity index (χ1n) is 3.33. The first kappa shape index (κ1) is 12.2. The molecule has 5 N–H and O–H groups in total. The third-order valence-corrected chi connectivity index (χ3v) is 2.01. The topological polar surface area (TPSA) is 101 Å². The van der Waals surface area contributed by atoms with Crippen molar-refractivity contribution in [2.24, 2.45) is 0 Å². The summed E-state index contributed by atoms with van der Waals surface area (Å²) in [6, 6.07) is 0. The number of aliphatic hydroxyl groups excluding tert-OH is 5. The third kappa shape index (κ3) is 3.28. The number of hydrogen-bond acceptors (Lipinski definition) is 5. The van der Waals surface area contributed by atoms with E-state index in [-0.39, 0.29) is 0 Å². The van der Waals surface area contributed by atoms with Gasteiger partial charge in [0.25, 0.3) is 0 Å². The average Bonchev–Trinajstić information content (AvgIpc) is 2.12. The van der Waals surface area contributed by atoms with Crippen molar-refractivity contribution in [2.45, 2.75) is 24.4 Å². The molecular weight excluding hydrogens is 231 g/mol. The predicted molar refractivity (Wildman–Crippen MR) is 42.9 cm³/mol. The van der Waals surface area contributed by atoms with Crippen LogP contribution in [-0.2, 0) is 0 Å². The monoisotopic (exact) mass is 244 g/mol. The molecule has 12 heavy (non-hydrogen) atoms. The molecule has 0 radical (unpaired) electrons. The molecule has 0 aromatic rings. The van der Waals surface area contributed by atoms with Gasteiger partial charge in [-0.15, -0.1) is 0 Å². The van der Waals surface area contributed by atoms with Gasteiger partial charge in [0.1, 0.15) is 0 Å². The molecule has 4 atom stereocenters. The van der Waals surface area contributed by atoms with Crippen LogP contribution in [-0.4, -0.2) is 77.1 Å². The molecule has 6 heteroatoms. The van der Waals surface area contributed by atoms with Crippen molar-refractivity contribution in [3.8, 4) is 0 Å². The van der Waals surface area contributed by atoms with E-state index in [2.05, 4.69) is 15.6 Å². The first-order valence-corrected chi connectivity index (χ1v) is 4.32. The van der Waals surface area contributed by atoms with Crippen molar-refractivity contribution >= 4 is 20.5 Å². The second-order valence-electron chi connectivity index (χ2n) is 2.36. The maximum atomic E-state index is 9.07. The van der Waals surface area contributed by atoms with Gasteiger partial charge in [-0.05, 0) is 0 Å². The Morgan fingerprint density at radius 2 is 1.58 bits per heavy atom. The summed E-state index contributed by atoms with van der Waals surface area (Å²) >= 11 is 2.34. The van der Waals surface area contributed by atoms with Crippen LogP contribution in [0.5, 0.6) is 0 Å². The Morgan fingerprint density at radius 1 is 1.08 bits per heavy atom. The van der Waals surface area contributed by atoms with Gasteiger partial charge in [-0.1, -0.05) is 0 Å². The summed E-state index contributed by atoms with van der Waals surface area (Å²) in [6.07, 6.45) is -5.78. The number of rotatable bonds is 5. The molecule has 0 saturated carbocycles. The predicted octanol–water partition coefficient (Wildman–Crippen LogP) is -3.61. The molecule has 72 valence electrons. The van der Waals surface area contributed by atoms with Gasteiger partial charge in [-0.25, -0.2) is 0 Å². The van der Waals surface area contributed by atoms with Crippen LogP contribution in [0.4, 0.5) is 0 Å². The Balaban J connectivity index is 4.07. The molecule has 0 saturated heterocycles. The van der Waals surface area contributed by atoms with Crippen molar-refractivity contribution in [3.63, 3.8) is 0 Å². The molecule has 0 aromatic carbocycles. The Hall–Kier alpha value is 0.189. The van der Waals surface area contributed by atoms with Crippen LogP contribution in [0.15, 0.2) is 0 Å². The Bertz CT molecular complexity index is 142. The average molecular weight is 243 g/mol. The molecule has 0 aliphatic heterocycles. The van der Waals surface area contributed by atoms with E-state index in [0.29, 0.717) is 0 Å². The van der Waals surface area contributed by atoms with Crippen LogP contribution < -0.4 is 0 Å². The first-order chi connectivity index (χ1) is 5.54. The molecule has 0 aliphatic rings. The third-order valence-electron chi connectivity index (χ3n) is 1.42. The summed E-state index contributed by atoms with van der Waals surface area (Å²) in [6.45, 7) is -0.668. The van der Waals surface area contributed by atoms with Gasteiger partial charge in [0.15, 0.2) is 0 Å². The number of aliphatic hydroxyl groups is 5. The molecule has 4 unspecified atom stereocenters. The van der Waals surface area contributed by atoms with Gasteiger partial charge in [-0.2, -0.15) is 0 Å². The molecule has 0 heterocycles. The standard InChI is InChI=1S/C6H12O5Se/c7-1-3(8)5(10)6(11)4(9)2-12/h2-11H,1H2. The summed E-state index contributed by atoms with van der Waals surface area (Å²) in [5.41, 5.74) is 0. The summed E-state index contributed by atoms with van der Waals surface area (Å²) in [4.78, 5) is 1.15. The zero-order valence-electron chi connectivity index (χ0n) is 6.24. The second kappa shape index (κ2) is 5.77. The molecule has 0 fully saturated rings. The van der Waals surface area contributed by atoms with E-state index < -0.39 is 31.0 Å². The van der Waals surface area contributed by atoms with Crippen LogP contribution in [0, 0.1) is 0 Å². The Labute approximate surface area is 77.6 Å². The minimum absolute atomic E-state index is 0.668. The zero-order chi connectivity index (χ0) is 9.72. The van der Waals surface area contributed by atoms with Crippen LogP contribution in [0.2, 0.25) is 0 Å². The molecule has 0 amide bonds. The quantitative estimate of drug-likeness (QED) is 0.321.